The van der Waals surface area contributed by atoms with E-state index in [9.17, 15) is 9.59 Å². The van der Waals surface area contributed by atoms with Crippen LogP contribution in [0.2, 0.25) is 0 Å². The van der Waals surface area contributed by atoms with Gasteiger partial charge in [-0.15, -0.1) is 11.8 Å². The SMILES string of the molecule is CCOC(=O)[C@H]1C(=O)N2CCCS[C@]12c1ccccc1. The standard InChI is InChI=1S/C15H17NO3S/c1-2-19-14(18)12-13(17)16-9-6-10-20-15(12,16)11-7-4-3-5-8-11/h3-5,7-8,12H,2,6,9-10H2,1H3/t12-,15-/m1/s1. The maximum absolute atomic E-state index is 12.3. The molecule has 106 valence electrons. The normalized spacial score (nSPS) is 28.6. The minimum absolute atomic E-state index is 0.0977. The van der Waals surface area contributed by atoms with E-state index in [1.54, 1.807) is 18.7 Å². The lowest BCUT2D eigenvalue weighted by atomic mass is 9.81. The number of amides is 1. The first-order chi connectivity index (χ1) is 9.71. The van der Waals surface area contributed by atoms with Crippen molar-refractivity contribution in [2.45, 2.75) is 18.2 Å². The molecule has 5 heteroatoms. The van der Waals surface area contributed by atoms with Gasteiger partial charge in [0.25, 0.3) is 0 Å². The van der Waals surface area contributed by atoms with Crippen molar-refractivity contribution in [3.05, 3.63) is 35.9 Å². The summed E-state index contributed by atoms with van der Waals surface area (Å²) in [7, 11) is 0. The maximum Gasteiger partial charge on any atom is 0.322 e. The summed E-state index contributed by atoms with van der Waals surface area (Å²) in [4.78, 5) is 25.8. The lowest BCUT2D eigenvalue weighted by molar-refractivity contribution is -0.177. The van der Waals surface area contributed by atoms with Gasteiger partial charge in [0.05, 0.1) is 6.61 Å². The van der Waals surface area contributed by atoms with E-state index in [-0.39, 0.29) is 5.91 Å². The van der Waals surface area contributed by atoms with Gasteiger partial charge in [0.2, 0.25) is 5.91 Å². The van der Waals surface area contributed by atoms with Crippen molar-refractivity contribution in [2.24, 2.45) is 5.92 Å². The zero-order valence-corrected chi connectivity index (χ0v) is 12.2. The van der Waals surface area contributed by atoms with Gasteiger partial charge in [-0.25, -0.2) is 0 Å². The zero-order valence-electron chi connectivity index (χ0n) is 11.4. The number of benzene rings is 1. The van der Waals surface area contributed by atoms with Crippen molar-refractivity contribution in [1.29, 1.82) is 0 Å². The highest BCUT2D eigenvalue weighted by molar-refractivity contribution is 8.00. The van der Waals surface area contributed by atoms with Crippen molar-refractivity contribution < 1.29 is 14.3 Å². The van der Waals surface area contributed by atoms with Crippen LogP contribution in [0.5, 0.6) is 0 Å². The molecule has 1 aromatic carbocycles. The number of carbonyl (C=O) groups excluding carboxylic acids is 2. The van der Waals surface area contributed by atoms with Gasteiger partial charge in [-0.05, 0) is 24.7 Å². The molecule has 20 heavy (non-hydrogen) atoms. The van der Waals surface area contributed by atoms with Crippen LogP contribution < -0.4 is 0 Å². The third-order valence-corrected chi connectivity index (χ3v) is 5.49. The van der Waals surface area contributed by atoms with E-state index in [0.29, 0.717) is 6.61 Å². The van der Waals surface area contributed by atoms with Gasteiger partial charge in [-0.3, -0.25) is 9.59 Å². The fourth-order valence-corrected chi connectivity index (χ4v) is 4.62. The van der Waals surface area contributed by atoms with Gasteiger partial charge < -0.3 is 9.64 Å². The average Bonchev–Trinajstić information content (AvgIpc) is 2.47. The first-order valence-electron chi connectivity index (χ1n) is 6.89. The second-order valence-electron chi connectivity index (χ2n) is 4.94. The molecule has 2 fully saturated rings. The van der Waals surface area contributed by atoms with E-state index in [2.05, 4.69) is 0 Å². The molecule has 0 N–H and O–H groups in total. The molecule has 1 amide bonds. The molecule has 0 aliphatic carbocycles. The minimum atomic E-state index is -0.699. The molecule has 2 aliphatic rings. The van der Waals surface area contributed by atoms with Crippen LogP contribution in [0.1, 0.15) is 18.9 Å². The second-order valence-corrected chi connectivity index (χ2v) is 6.26. The zero-order chi connectivity index (χ0) is 14.2. The van der Waals surface area contributed by atoms with E-state index in [0.717, 1.165) is 24.3 Å². The van der Waals surface area contributed by atoms with Crippen molar-refractivity contribution in [2.75, 3.05) is 18.9 Å². The average molecular weight is 291 g/mol. The predicted octanol–water partition coefficient (Wildman–Crippen LogP) is 2.00. The van der Waals surface area contributed by atoms with Gasteiger partial charge in [0.15, 0.2) is 5.92 Å². The molecule has 2 atom stereocenters. The fraction of sp³-hybridized carbons (Fsp3) is 0.467. The topological polar surface area (TPSA) is 46.6 Å². The summed E-state index contributed by atoms with van der Waals surface area (Å²) in [6, 6.07) is 9.82. The Bertz CT molecular complexity index is 525. The molecule has 0 aromatic heterocycles. The van der Waals surface area contributed by atoms with Crippen molar-refractivity contribution in [3.8, 4) is 0 Å². The number of rotatable bonds is 3. The van der Waals surface area contributed by atoms with Gasteiger partial charge >= 0.3 is 5.97 Å². The van der Waals surface area contributed by atoms with Crippen LogP contribution in [0.4, 0.5) is 0 Å². The first-order valence-corrected chi connectivity index (χ1v) is 7.88. The minimum Gasteiger partial charge on any atom is -0.465 e. The molecule has 2 aliphatic heterocycles. The largest absolute Gasteiger partial charge is 0.465 e. The van der Waals surface area contributed by atoms with E-state index < -0.39 is 16.8 Å². The number of ether oxygens (including phenoxy) is 1. The molecular formula is C15H17NO3S. The van der Waals surface area contributed by atoms with Gasteiger partial charge in [0, 0.05) is 6.54 Å². The summed E-state index contributed by atoms with van der Waals surface area (Å²) in [5, 5.41) is 0. The third kappa shape index (κ3) is 1.76. The third-order valence-electron chi connectivity index (χ3n) is 3.86. The maximum atomic E-state index is 12.3. The van der Waals surface area contributed by atoms with Crippen LogP contribution in [0.25, 0.3) is 0 Å². The fourth-order valence-electron chi connectivity index (χ4n) is 3.03. The van der Waals surface area contributed by atoms with E-state index in [1.165, 1.54) is 0 Å². The Morgan fingerprint density at radius 1 is 1.45 bits per heavy atom. The highest BCUT2D eigenvalue weighted by atomic mass is 32.2. The molecule has 0 bridgehead atoms. The van der Waals surface area contributed by atoms with E-state index in [4.69, 9.17) is 4.74 Å². The molecule has 2 heterocycles. The van der Waals surface area contributed by atoms with E-state index in [1.807, 2.05) is 35.2 Å². The molecule has 0 unspecified atom stereocenters. The smallest absolute Gasteiger partial charge is 0.322 e. The van der Waals surface area contributed by atoms with Crippen LogP contribution in [0.3, 0.4) is 0 Å². The Morgan fingerprint density at radius 3 is 2.90 bits per heavy atom. The van der Waals surface area contributed by atoms with Crippen LogP contribution in [0, 0.1) is 5.92 Å². The van der Waals surface area contributed by atoms with Gasteiger partial charge in [-0.1, -0.05) is 30.3 Å². The van der Waals surface area contributed by atoms with Crippen LogP contribution in [0.15, 0.2) is 30.3 Å². The molecule has 1 aromatic rings. The molecule has 3 rings (SSSR count). The number of fused-ring (bicyclic) bond motifs is 1. The highest BCUT2D eigenvalue weighted by Crippen LogP contribution is 2.56. The summed E-state index contributed by atoms with van der Waals surface area (Å²) in [6.07, 6.45) is 0.973. The Kier molecular flexibility index (Phi) is 3.46. The molecule has 0 radical (unpaired) electrons. The second kappa shape index (κ2) is 5.13. The molecule has 4 nitrogen and oxygen atoms in total. The van der Waals surface area contributed by atoms with Crippen molar-refractivity contribution in [3.63, 3.8) is 0 Å². The van der Waals surface area contributed by atoms with Gasteiger partial charge in [0.1, 0.15) is 4.87 Å². The number of carbonyl (C=O) groups is 2. The molecular weight excluding hydrogens is 274 g/mol. The Morgan fingerprint density at radius 2 is 2.20 bits per heavy atom. The lowest BCUT2D eigenvalue weighted by Crippen LogP contribution is -2.70. The number of nitrogens with zero attached hydrogens (tertiary/aromatic N) is 1. The van der Waals surface area contributed by atoms with Crippen molar-refractivity contribution >= 4 is 23.6 Å². The van der Waals surface area contributed by atoms with E-state index >= 15 is 0 Å². The summed E-state index contributed by atoms with van der Waals surface area (Å²) in [5.41, 5.74) is 1.02. The first kappa shape index (κ1) is 13.5. The van der Waals surface area contributed by atoms with Crippen LogP contribution in [-0.4, -0.2) is 35.7 Å². The quantitative estimate of drug-likeness (QED) is 0.485. The lowest BCUT2D eigenvalue weighted by Gasteiger charge is -2.58. The van der Waals surface area contributed by atoms with Crippen LogP contribution in [-0.2, 0) is 19.2 Å². The monoisotopic (exact) mass is 291 g/mol. The molecule has 0 spiro atoms. The Hall–Kier alpha value is -1.49. The molecule has 0 saturated carbocycles. The molecule has 2 saturated heterocycles. The van der Waals surface area contributed by atoms with Crippen LogP contribution >= 0.6 is 11.8 Å². The summed E-state index contributed by atoms with van der Waals surface area (Å²) >= 11 is 1.68. The van der Waals surface area contributed by atoms with Gasteiger partial charge in [-0.2, -0.15) is 0 Å². The Balaban J connectivity index is 2.01. The summed E-state index contributed by atoms with van der Waals surface area (Å²) < 4.78 is 5.11. The number of β-lactam (4-membered cyclic amide) rings is 1. The summed E-state index contributed by atoms with van der Waals surface area (Å²) in [6.45, 7) is 2.79. The Labute approximate surface area is 122 Å². The highest BCUT2D eigenvalue weighted by Gasteiger charge is 2.66. The predicted molar refractivity (Wildman–Crippen MR) is 77.0 cm³/mol. The van der Waals surface area contributed by atoms with Crippen molar-refractivity contribution in [1.82, 2.24) is 4.90 Å². The number of thioether (sulfide) groups is 1. The number of esters is 1. The number of hydrogen-bond donors (Lipinski definition) is 0. The number of hydrogen-bond acceptors (Lipinski definition) is 4. The summed E-state index contributed by atoms with van der Waals surface area (Å²) in [5.74, 6) is -0.240.